The zero-order valence-corrected chi connectivity index (χ0v) is 12.9. The van der Waals surface area contributed by atoms with Crippen LogP contribution in [-0.4, -0.2) is 37.5 Å². The second-order valence-corrected chi connectivity index (χ2v) is 5.14. The minimum absolute atomic E-state index is 0. The summed E-state index contributed by atoms with van der Waals surface area (Å²) in [5.74, 6) is -1.46. The van der Waals surface area contributed by atoms with Gasteiger partial charge in [-0.1, -0.05) is 12.1 Å². The van der Waals surface area contributed by atoms with E-state index >= 15 is 0 Å². The number of hydrogen-bond donors (Lipinski definition) is 1. The number of alkyl halides is 5. The Morgan fingerprint density at radius 3 is 2.26 bits per heavy atom. The normalized spacial score (nSPS) is 17.9. The highest BCUT2D eigenvalue weighted by molar-refractivity contribution is 5.85. The highest BCUT2D eigenvalue weighted by Gasteiger charge is 2.37. The molecule has 0 aliphatic carbocycles. The Morgan fingerprint density at radius 1 is 1.13 bits per heavy atom. The molecule has 2 nitrogen and oxygen atoms in total. The van der Waals surface area contributed by atoms with Crippen molar-refractivity contribution in [2.45, 2.75) is 25.1 Å². The van der Waals surface area contributed by atoms with Crippen LogP contribution >= 0.6 is 12.4 Å². The van der Waals surface area contributed by atoms with E-state index in [1.165, 1.54) is 0 Å². The van der Waals surface area contributed by atoms with Crippen LogP contribution in [0.3, 0.4) is 0 Å². The van der Waals surface area contributed by atoms with E-state index in [9.17, 15) is 26.3 Å². The maximum Gasteiger partial charge on any atom is 0.419 e. The van der Waals surface area contributed by atoms with Crippen LogP contribution in [0.5, 0.6) is 0 Å². The lowest BCUT2D eigenvalue weighted by atomic mass is 9.98. The molecule has 0 saturated carbocycles. The molecule has 1 aromatic rings. The standard InChI is InChI=1S/C14H16F6N2.ClH/c15-12(16)8-11(22-6-4-21-5-7-22)9-2-1-3-10(13(9)17)14(18,19)20;/h1-3,11-12,21H,4-8H2;1H/t11-;/m0./s1. The fraction of sp³-hybridized carbons (Fsp3) is 0.571. The predicted octanol–water partition coefficient (Wildman–Crippen LogP) is 3.87. The first-order valence-electron chi connectivity index (χ1n) is 6.89. The SMILES string of the molecule is Cl.Fc1c([C@H](CC(F)F)N2CCNCC2)cccc1C(F)(F)F. The van der Waals surface area contributed by atoms with Gasteiger partial charge in [0, 0.05) is 44.2 Å². The molecular weight excluding hydrogens is 346 g/mol. The van der Waals surface area contributed by atoms with Gasteiger partial charge in [0.1, 0.15) is 5.82 Å². The number of rotatable bonds is 4. The summed E-state index contributed by atoms with van der Waals surface area (Å²) >= 11 is 0. The average molecular weight is 363 g/mol. The van der Waals surface area contributed by atoms with Gasteiger partial charge in [-0.25, -0.2) is 13.2 Å². The van der Waals surface area contributed by atoms with Gasteiger partial charge in [0.2, 0.25) is 6.43 Å². The first-order valence-corrected chi connectivity index (χ1v) is 6.89. The van der Waals surface area contributed by atoms with Gasteiger partial charge in [-0.05, 0) is 6.07 Å². The molecule has 0 bridgehead atoms. The molecule has 0 amide bonds. The van der Waals surface area contributed by atoms with Crippen LogP contribution in [-0.2, 0) is 6.18 Å². The average Bonchev–Trinajstić information content (AvgIpc) is 2.45. The third-order valence-electron chi connectivity index (χ3n) is 3.69. The van der Waals surface area contributed by atoms with Crippen LogP contribution in [0, 0.1) is 5.82 Å². The van der Waals surface area contributed by atoms with Crippen molar-refractivity contribution in [2.24, 2.45) is 0 Å². The van der Waals surface area contributed by atoms with Crippen molar-refractivity contribution >= 4 is 12.4 Å². The Hall–Kier alpha value is -0.990. The molecule has 1 aromatic carbocycles. The van der Waals surface area contributed by atoms with Crippen molar-refractivity contribution < 1.29 is 26.3 Å². The molecule has 0 unspecified atom stereocenters. The van der Waals surface area contributed by atoms with Crippen molar-refractivity contribution in [3.63, 3.8) is 0 Å². The van der Waals surface area contributed by atoms with Crippen molar-refractivity contribution in [3.05, 3.63) is 35.1 Å². The molecule has 0 aromatic heterocycles. The predicted molar refractivity (Wildman–Crippen MR) is 76.5 cm³/mol. The second-order valence-electron chi connectivity index (χ2n) is 5.14. The highest BCUT2D eigenvalue weighted by atomic mass is 35.5. The number of piperazine rings is 1. The van der Waals surface area contributed by atoms with Crippen LogP contribution in [0.25, 0.3) is 0 Å². The zero-order valence-electron chi connectivity index (χ0n) is 12.0. The molecule has 1 fully saturated rings. The van der Waals surface area contributed by atoms with Crippen molar-refractivity contribution in [1.29, 1.82) is 0 Å². The third kappa shape index (κ3) is 4.99. The van der Waals surface area contributed by atoms with Crippen molar-refractivity contribution in [2.75, 3.05) is 26.2 Å². The fourth-order valence-corrected chi connectivity index (χ4v) is 2.66. The second kappa shape index (κ2) is 8.21. The lowest BCUT2D eigenvalue weighted by Gasteiger charge is -2.35. The third-order valence-corrected chi connectivity index (χ3v) is 3.69. The monoisotopic (exact) mass is 362 g/mol. The molecule has 0 spiro atoms. The van der Waals surface area contributed by atoms with E-state index in [0.29, 0.717) is 32.2 Å². The maximum atomic E-state index is 14.2. The summed E-state index contributed by atoms with van der Waals surface area (Å²) in [5.41, 5.74) is -1.74. The first-order chi connectivity index (χ1) is 10.3. The molecule has 1 heterocycles. The fourth-order valence-electron chi connectivity index (χ4n) is 2.66. The summed E-state index contributed by atoms with van der Waals surface area (Å²) in [6.45, 7) is 1.82. The van der Waals surface area contributed by atoms with Gasteiger partial charge in [-0.15, -0.1) is 12.4 Å². The van der Waals surface area contributed by atoms with E-state index in [1.807, 2.05) is 0 Å². The molecule has 1 aliphatic rings. The molecular formula is C14H17ClF6N2. The van der Waals surface area contributed by atoms with E-state index in [-0.39, 0.29) is 18.0 Å². The number of halogens is 7. The van der Waals surface area contributed by atoms with Gasteiger partial charge in [-0.2, -0.15) is 13.2 Å². The Balaban J connectivity index is 0.00000264. The number of nitrogens with one attached hydrogen (secondary N) is 1. The van der Waals surface area contributed by atoms with Gasteiger partial charge in [-0.3, -0.25) is 4.90 Å². The summed E-state index contributed by atoms with van der Waals surface area (Å²) in [6.07, 6.45) is -8.27. The Bertz CT molecular complexity index is 503. The van der Waals surface area contributed by atoms with E-state index in [0.717, 1.165) is 12.1 Å². The molecule has 2 rings (SSSR count). The lowest BCUT2D eigenvalue weighted by molar-refractivity contribution is -0.140. The molecule has 9 heteroatoms. The summed E-state index contributed by atoms with van der Waals surface area (Å²) < 4.78 is 78.2. The lowest BCUT2D eigenvalue weighted by Crippen LogP contribution is -2.45. The quantitative estimate of drug-likeness (QED) is 0.818. The summed E-state index contributed by atoms with van der Waals surface area (Å²) in [6, 6.07) is 1.77. The molecule has 1 aliphatic heterocycles. The van der Waals surface area contributed by atoms with Gasteiger partial charge in [0.15, 0.2) is 0 Å². The Labute approximate surface area is 136 Å². The van der Waals surface area contributed by atoms with Crippen LogP contribution in [0.4, 0.5) is 26.3 Å². The van der Waals surface area contributed by atoms with Crippen LogP contribution < -0.4 is 5.32 Å². The maximum absolute atomic E-state index is 14.2. The smallest absolute Gasteiger partial charge is 0.314 e. The molecule has 1 saturated heterocycles. The summed E-state index contributed by atoms with van der Waals surface area (Å²) in [4.78, 5) is 1.60. The number of benzene rings is 1. The van der Waals surface area contributed by atoms with Gasteiger partial charge in [0.05, 0.1) is 5.56 Å². The van der Waals surface area contributed by atoms with E-state index in [1.54, 1.807) is 4.90 Å². The Kier molecular flexibility index (Phi) is 7.16. The number of hydrogen-bond acceptors (Lipinski definition) is 2. The van der Waals surface area contributed by atoms with E-state index < -0.39 is 36.4 Å². The molecule has 132 valence electrons. The minimum Gasteiger partial charge on any atom is -0.314 e. The highest BCUT2D eigenvalue weighted by Crippen LogP contribution is 2.36. The van der Waals surface area contributed by atoms with E-state index in [4.69, 9.17) is 0 Å². The van der Waals surface area contributed by atoms with Crippen LogP contribution in [0.15, 0.2) is 18.2 Å². The zero-order chi connectivity index (χ0) is 16.3. The summed E-state index contributed by atoms with van der Waals surface area (Å²) in [7, 11) is 0. The largest absolute Gasteiger partial charge is 0.419 e. The Morgan fingerprint density at radius 2 is 1.74 bits per heavy atom. The molecule has 1 N–H and O–H groups in total. The molecule has 1 atom stereocenters. The van der Waals surface area contributed by atoms with E-state index in [2.05, 4.69) is 5.32 Å². The summed E-state index contributed by atoms with van der Waals surface area (Å²) in [5, 5.41) is 3.02. The van der Waals surface area contributed by atoms with Gasteiger partial charge >= 0.3 is 6.18 Å². The van der Waals surface area contributed by atoms with Crippen LogP contribution in [0.2, 0.25) is 0 Å². The molecule has 0 radical (unpaired) electrons. The van der Waals surface area contributed by atoms with Crippen molar-refractivity contribution in [3.8, 4) is 0 Å². The number of nitrogens with zero attached hydrogens (tertiary/aromatic N) is 1. The minimum atomic E-state index is -4.85. The van der Waals surface area contributed by atoms with Crippen molar-refractivity contribution in [1.82, 2.24) is 10.2 Å². The van der Waals surface area contributed by atoms with Gasteiger partial charge < -0.3 is 5.32 Å². The topological polar surface area (TPSA) is 15.3 Å². The first kappa shape index (κ1) is 20.1. The van der Waals surface area contributed by atoms with Crippen LogP contribution in [0.1, 0.15) is 23.6 Å². The molecule has 23 heavy (non-hydrogen) atoms. The van der Waals surface area contributed by atoms with Gasteiger partial charge in [0.25, 0.3) is 0 Å².